The molecule has 1 fully saturated rings. The van der Waals surface area contributed by atoms with Crippen molar-refractivity contribution < 1.29 is 4.79 Å². The molecule has 1 aromatic rings. The maximum absolute atomic E-state index is 12.2. The van der Waals surface area contributed by atoms with E-state index in [-0.39, 0.29) is 11.8 Å². The first kappa shape index (κ1) is 15.0. The van der Waals surface area contributed by atoms with E-state index in [9.17, 15) is 4.79 Å². The molecule has 0 bridgehead atoms. The summed E-state index contributed by atoms with van der Waals surface area (Å²) in [6.07, 6.45) is 4.23. The van der Waals surface area contributed by atoms with E-state index >= 15 is 0 Å². The predicted octanol–water partition coefficient (Wildman–Crippen LogP) is 2.67. The van der Waals surface area contributed by atoms with Crippen molar-refractivity contribution in [2.45, 2.75) is 38.5 Å². The van der Waals surface area contributed by atoms with Crippen molar-refractivity contribution in [1.82, 2.24) is 5.32 Å². The first-order valence-corrected chi connectivity index (χ1v) is 7.75. The Morgan fingerprint density at radius 1 is 1.35 bits per heavy atom. The summed E-state index contributed by atoms with van der Waals surface area (Å²) in [4.78, 5) is 12.2. The van der Waals surface area contributed by atoms with E-state index in [0.717, 1.165) is 32.2 Å². The zero-order chi connectivity index (χ0) is 14.4. The van der Waals surface area contributed by atoms with Gasteiger partial charge in [0.1, 0.15) is 0 Å². The normalized spacial score (nSPS) is 23.5. The Hall–Kier alpha value is -1.35. The summed E-state index contributed by atoms with van der Waals surface area (Å²) < 4.78 is 0. The van der Waals surface area contributed by atoms with Crippen LogP contribution in [0, 0.1) is 11.8 Å². The molecule has 0 aliphatic heterocycles. The van der Waals surface area contributed by atoms with Gasteiger partial charge in [-0.25, -0.2) is 0 Å². The van der Waals surface area contributed by atoms with E-state index in [1.165, 1.54) is 5.56 Å². The second-order valence-corrected chi connectivity index (χ2v) is 5.92. The molecule has 1 aliphatic rings. The van der Waals surface area contributed by atoms with Crippen LogP contribution in [0.2, 0.25) is 0 Å². The van der Waals surface area contributed by atoms with Gasteiger partial charge in [-0.05, 0) is 43.2 Å². The standard InChI is InChI=1S/C17H26N2O/c1-13(14-6-3-2-4-7-14)10-11-19-17(20)16-9-5-8-15(16)12-18/h2-4,6-7,13,15-16H,5,8-12,18H2,1H3,(H,19,20). The number of nitrogens with two attached hydrogens (primary N) is 1. The van der Waals surface area contributed by atoms with Crippen LogP contribution >= 0.6 is 0 Å². The van der Waals surface area contributed by atoms with Crippen LogP contribution in [0.15, 0.2) is 30.3 Å². The van der Waals surface area contributed by atoms with Crippen molar-refractivity contribution in [1.29, 1.82) is 0 Å². The number of nitrogens with one attached hydrogen (secondary N) is 1. The maximum atomic E-state index is 12.2. The fraction of sp³-hybridized carbons (Fsp3) is 0.588. The van der Waals surface area contributed by atoms with Gasteiger partial charge in [-0.2, -0.15) is 0 Å². The van der Waals surface area contributed by atoms with Crippen LogP contribution < -0.4 is 11.1 Å². The zero-order valence-corrected chi connectivity index (χ0v) is 12.3. The lowest BCUT2D eigenvalue weighted by atomic mass is 9.95. The smallest absolute Gasteiger partial charge is 0.223 e. The highest BCUT2D eigenvalue weighted by Crippen LogP contribution is 2.31. The van der Waals surface area contributed by atoms with Crippen LogP contribution in [0.1, 0.15) is 44.1 Å². The highest BCUT2D eigenvalue weighted by atomic mass is 16.1. The molecule has 0 heterocycles. The fourth-order valence-corrected chi connectivity index (χ4v) is 3.16. The molecular formula is C17H26N2O. The van der Waals surface area contributed by atoms with Gasteiger partial charge in [0.15, 0.2) is 0 Å². The van der Waals surface area contributed by atoms with Crippen molar-refractivity contribution in [3.8, 4) is 0 Å². The van der Waals surface area contributed by atoms with Gasteiger partial charge in [-0.3, -0.25) is 4.79 Å². The van der Waals surface area contributed by atoms with Crippen LogP contribution in [0.25, 0.3) is 0 Å². The molecule has 110 valence electrons. The molecule has 2 rings (SSSR count). The minimum Gasteiger partial charge on any atom is -0.356 e. The molecule has 1 aliphatic carbocycles. The minimum absolute atomic E-state index is 0.145. The van der Waals surface area contributed by atoms with E-state index < -0.39 is 0 Å². The maximum Gasteiger partial charge on any atom is 0.223 e. The van der Waals surface area contributed by atoms with Gasteiger partial charge in [0.05, 0.1) is 0 Å². The first-order valence-electron chi connectivity index (χ1n) is 7.75. The van der Waals surface area contributed by atoms with Crippen molar-refractivity contribution in [2.24, 2.45) is 17.6 Å². The van der Waals surface area contributed by atoms with Gasteiger partial charge >= 0.3 is 0 Å². The SMILES string of the molecule is CC(CCNC(=O)C1CCCC1CN)c1ccccc1. The lowest BCUT2D eigenvalue weighted by Gasteiger charge is -2.18. The molecule has 20 heavy (non-hydrogen) atoms. The van der Waals surface area contributed by atoms with Gasteiger partial charge in [-0.15, -0.1) is 0 Å². The third-order valence-electron chi connectivity index (χ3n) is 4.54. The van der Waals surface area contributed by atoms with E-state index in [1.54, 1.807) is 0 Å². The van der Waals surface area contributed by atoms with Crippen LogP contribution in [0.4, 0.5) is 0 Å². The average molecular weight is 274 g/mol. The van der Waals surface area contributed by atoms with E-state index in [2.05, 4.69) is 36.5 Å². The van der Waals surface area contributed by atoms with Crippen LogP contribution in [-0.4, -0.2) is 19.0 Å². The lowest BCUT2D eigenvalue weighted by molar-refractivity contribution is -0.125. The molecule has 0 saturated heterocycles. The highest BCUT2D eigenvalue weighted by Gasteiger charge is 2.31. The lowest BCUT2D eigenvalue weighted by Crippen LogP contribution is -2.35. The third kappa shape index (κ3) is 3.83. The fourth-order valence-electron chi connectivity index (χ4n) is 3.16. The monoisotopic (exact) mass is 274 g/mol. The number of benzene rings is 1. The molecule has 1 amide bonds. The molecule has 1 saturated carbocycles. The molecule has 3 heteroatoms. The third-order valence-corrected chi connectivity index (χ3v) is 4.54. The first-order chi connectivity index (χ1) is 9.72. The number of hydrogen-bond donors (Lipinski definition) is 2. The molecule has 3 unspecified atom stereocenters. The average Bonchev–Trinajstić information content (AvgIpc) is 2.96. The van der Waals surface area contributed by atoms with Gasteiger partial charge in [0, 0.05) is 12.5 Å². The summed E-state index contributed by atoms with van der Waals surface area (Å²) in [6, 6.07) is 10.5. The minimum atomic E-state index is 0.145. The molecule has 1 aromatic carbocycles. The molecule has 3 N–H and O–H groups in total. The highest BCUT2D eigenvalue weighted by molar-refractivity contribution is 5.79. The largest absolute Gasteiger partial charge is 0.356 e. The second-order valence-electron chi connectivity index (χ2n) is 5.92. The van der Waals surface area contributed by atoms with E-state index in [1.807, 2.05) is 6.07 Å². The Morgan fingerprint density at radius 3 is 2.80 bits per heavy atom. The molecule has 3 nitrogen and oxygen atoms in total. The van der Waals surface area contributed by atoms with Gasteiger partial charge in [-0.1, -0.05) is 43.7 Å². The number of carbonyl (C=O) groups excluding carboxylic acids is 1. The summed E-state index contributed by atoms with van der Waals surface area (Å²) in [6.45, 7) is 3.60. The Labute approximate surface area is 121 Å². The Kier molecular flexibility index (Phi) is 5.60. The second kappa shape index (κ2) is 7.44. The van der Waals surface area contributed by atoms with Crippen LogP contribution in [0.3, 0.4) is 0 Å². The van der Waals surface area contributed by atoms with Crippen molar-refractivity contribution >= 4 is 5.91 Å². The molecule has 3 atom stereocenters. The summed E-state index contributed by atoms with van der Waals surface area (Å²) in [5, 5.41) is 3.10. The Balaban J connectivity index is 1.74. The number of rotatable bonds is 6. The number of amides is 1. The summed E-state index contributed by atoms with van der Waals surface area (Å²) in [7, 11) is 0. The van der Waals surface area contributed by atoms with Gasteiger partial charge in [0.2, 0.25) is 5.91 Å². The molecule has 0 spiro atoms. The summed E-state index contributed by atoms with van der Waals surface area (Å²) in [5.74, 6) is 1.22. The number of carbonyl (C=O) groups is 1. The quantitative estimate of drug-likeness (QED) is 0.838. The van der Waals surface area contributed by atoms with Crippen molar-refractivity contribution in [3.63, 3.8) is 0 Å². The molecule has 0 radical (unpaired) electrons. The molecular weight excluding hydrogens is 248 g/mol. The zero-order valence-electron chi connectivity index (χ0n) is 12.3. The van der Waals surface area contributed by atoms with E-state index in [4.69, 9.17) is 5.73 Å². The van der Waals surface area contributed by atoms with Gasteiger partial charge in [0.25, 0.3) is 0 Å². The molecule has 0 aromatic heterocycles. The van der Waals surface area contributed by atoms with Crippen LogP contribution in [0.5, 0.6) is 0 Å². The van der Waals surface area contributed by atoms with Crippen LogP contribution in [-0.2, 0) is 4.79 Å². The topological polar surface area (TPSA) is 55.1 Å². The Morgan fingerprint density at radius 2 is 2.10 bits per heavy atom. The Bertz CT molecular complexity index is 418. The van der Waals surface area contributed by atoms with Crippen molar-refractivity contribution in [3.05, 3.63) is 35.9 Å². The summed E-state index contributed by atoms with van der Waals surface area (Å²) >= 11 is 0. The summed E-state index contributed by atoms with van der Waals surface area (Å²) in [5.41, 5.74) is 7.07. The van der Waals surface area contributed by atoms with E-state index in [0.29, 0.717) is 18.4 Å². The van der Waals surface area contributed by atoms with Gasteiger partial charge < -0.3 is 11.1 Å². The predicted molar refractivity (Wildman–Crippen MR) is 82.4 cm³/mol. The number of hydrogen-bond acceptors (Lipinski definition) is 2. The van der Waals surface area contributed by atoms with Crippen molar-refractivity contribution in [2.75, 3.05) is 13.1 Å².